The van der Waals surface area contributed by atoms with Gasteiger partial charge in [0, 0.05) is 16.4 Å². The zero-order chi connectivity index (χ0) is 15.6. The summed E-state index contributed by atoms with van der Waals surface area (Å²) in [6, 6.07) is 6.02. The molecule has 1 aromatic heterocycles. The Bertz CT molecular complexity index is 689. The molecule has 0 aliphatic heterocycles. The van der Waals surface area contributed by atoms with Crippen molar-refractivity contribution in [1.29, 1.82) is 0 Å². The minimum Gasteiger partial charge on any atom is -0.478 e. The number of alkyl halides is 3. The Kier molecular flexibility index (Phi) is 4.17. The van der Waals surface area contributed by atoms with Gasteiger partial charge < -0.3 is 10.4 Å². The molecule has 110 valence electrons. The fourth-order valence-electron chi connectivity index (χ4n) is 1.59. The second-order valence-electron chi connectivity index (χ2n) is 4.05. The lowest BCUT2D eigenvalue weighted by Gasteiger charge is -2.10. The van der Waals surface area contributed by atoms with Gasteiger partial charge in [0.1, 0.15) is 5.82 Å². The maximum Gasteiger partial charge on any atom is 0.416 e. The van der Waals surface area contributed by atoms with Crippen LogP contribution >= 0.6 is 15.9 Å². The molecule has 4 nitrogen and oxygen atoms in total. The van der Waals surface area contributed by atoms with Crippen LogP contribution in [-0.2, 0) is 6.18 Å². The molecule has 0 amide bonds. The van der Waals surface area contributed by atoms with Crippen molar-refractivity contribution in [3.63, 3.8) is 0 Å². The van der Waals surface area contributed by atoms with Crippen molar-refractivity contribution in [2.24, 2.45) is 0 Å². The molecule has 2 N–H and O–H groups in total. The van der Waals surface area contributed by atoms with E-state index in [9.17, 15) is 18.0 Å². The maximum atomic E-state index is 12.6. The molecule has 1 aromatic carbocycles. The second kappa shape index (κ2) is 5.72. The van der Waals surface area contributed by atoms with Crippen molar-refractivity contribution in [2.75, 3.05) is 5.32 Å². The highest BCUT2D eigenvalue weighted by Crippen LogP contribution is 2.31. The third-order valence-electron chi connectivity index (χ3n) is 2.56. The topological polar surface area (TPSA) is 62.2 Å². The van der Waals surface area contributed by atoms with E-state index in [2.05, 4.69) is 26.2 Å². The minimum atomic E-state index is -4.47. The number of hydrogen-bond donors (Lipinski definition) is 2. The molecule has 0 atom stereocenters. The van der Waals surface area contributed by atoms with Gasteiger partial charge in [-0.25, -0.2) is 9.78 Å². The van der Waals surface area contributed by atoms with Gasteiger partial charge in [0.05, 0.1) is 11.1 Å². The minimum absolute atomic E-state index is 0.00743. The van der Waals surface area contributed by atoms with Crippen LogP contribution in [-0.4, -0.2) is 16.1 Å². The van der Waals surface area contributed by atoms with E-state index in [0.717, 1.165) is 18.3 Å². The first-order valence-corrected chi connectivity index (χ1v) is 6.40. The first-order valence-electron chi connectivity index (χ1n) is 5.60. The monoisotopic (exact) mass is 360 g/mol. The number of nitrogens with zero attached hydrogens (tertiary/aromatic N) is 1. The Hall–Kier alpha value is -2.09. The Morgan fingerprint density at radius 2 is 1.95 bits per heavy atom. The number of carboxylic acids is 1. The number of carbonyl (C=O) groups is 1. The van der Waals surface area contributed by atoms with Crippen LogP contribution < -0.4 is 5.32 Å². The number of hydrogen-bond acceptors (Lipinski definition) is 3. The Morgan fingerprint density at radius 1 is 1.24 bits per heavy atom. The number of carboxylic acid groups (broad SMARTS) is 1. The predicted octanol–water partition coefficient (Wildman–Crippen LogP) is 4.30. The van der Waals surface area contributed by atoms with E-state index in [-0.39, 0.29) is 11.4 Å². The standard InChI is InChI=1S/C13H8BrF3N2O2/c14-10-2-1-8(6-9(10)12(20)21)19-11-5-7(3-4-18-11)13(15,16)17/h1-6H,(H,18,19)(H,20,21). The number of aromatic nitrogens is 1. The highest BCUT2D eigenvalue weighted by atomic mass is 79.9. The SMILES string of the molecule is O=C(O)c1cc(Nc2cc(C(F)(F)F)ccn2)ccc1Br. The van der Waals surface area contributed by atoms with Crippen LogP contribution in [0.4, 0.5) is 24.7 Å². The van der Waals surface area contributed by atoms with Gasteiger partial charge in [0.2, 0.25) is 0 Å². The summed E-state index contributed by atoms with van der Waals surface area (Å²) in [7, 11) is 0. The number of rotatable bonds is 3. The molecule has 2 aromatic rings. The van der Waals surface area contributed by atoms with Gasteiger partial charge in [-0.15, -0.1) is 0 Å². The molecule has 0 unspecified atom stereocenters. The van der Waals surface area contributed by atoms with Crippen LogP contribution in [0.2, 0.25) is 0 Å². The Balaban J connectivity index is 2.31. The third-order valence-corrected chi connectivity index (χ3v) is 3.25. The quantitative estimate of drug-likeness (QED) is 0.856. The molecule has 0 aliphatic rings. The van der Waals surface area contributed by atoms with Gasteiger partial charge >= 0.3 is 12.1 Å². The number of aromatic carboxylic acids is 1. The lowest BCUT2D eigenvalue weighted by atomic mass is 10.2. The van der Waals surface area contributed by atoms with Crippen LogP contribution in [0.5, 0.6) is 0 Å². The number of benzene rings is 1. The molecule has 0 saturated heterocycles. The summed E-state index contributed by atoms with van der Waals surface area (Å²) in [6.07, 6.45) is -3.44. The first kappa shape index (κ1) is 15.3. The van der Waals surface area contributed by atoms with Crippen molar-refractivity contribution in [2.45, 2.75) is 6.18 Å². The molecule has 0 aliphatic carbocycles. The molecule has 0 saturated carbocycles. The number of anilines is 2. The van der Waals surface area contributed by atoms with E-state index in [4.69, 9.17) is 5.11 Å². The molecule has 0 spiro atoms. The molecule has 21 heavy (non-hydrogen) atoms. The van der Waals surface area contributed by atoms with E-state index >= 15 is 0 Å². The average molecular weight is 361 g/mol. The van der Waals surface area contributed by atoms with Crippen molar-refractivity contribution in [3.8, 4) is 0 Å². The van der Waals surface area contributed by atoms with E-state index in [1.165, 1.54) is 18.2 Å². The number of pyridine rings is 1. The van der Waals surface area contributed by atoms with Crippen molar-refractivity contribution >= 4 is 33.4 Å². The molecular weight excluding hydrogens is 353 g/mol. The van der Waals surface area contributed by atoms with Gasteiger partial charge in [0.25, 0.3) is 0 Å². The van der Waals surface area contributed by atoms with Gasteiger partial charge in [0.15, 0.2) is 0 Å². The van der Waals surface area contributed by atoms with Gasteiger partial charge in [-0.3, -0.25) is 0 Å². The third kappa shape index (κ3) is 3.72. The molecule has 0 bridgehead atoms. The lowest BCUT2D eigenvalue weighted by Crippen LogP contribution is -2.06. The summed E-state index contributed by atoms with van der Waals surface area (Å²) in [6.45, 7) is 0. The summed E-state index contributed by atoms with van der Waals surface area (Å²) in [5, 5.41) is 11.6. The molecule has 8 heteroatoms. The zero-order valence-electron chi connectivity index (χ0n) is 10.3. The van der Waals surface area contributed by atoms with Crippen LogP contribution in [0.25, 0.3) is 0 Å². The fraction of sp³-hybridized carbons (Fsp3) is 0.0769. The van der Waals surface area contributed by atoms with Crippen LogP contribution in [0.1, 0.15) is 15.9 Å². The van der Waals surface area contributed by atoms with Gasteiger partial charge in [-0.1, -0.05) is 0 Å². The summed E-state index contributed by atoms with van der Waals surface area (Å²) in [4.78, 5) is 14.8. The highest BCUT2D eigenvalue weighted by molar-refractivity contribution is 9.10. The van der Waals surface area contributed by atoms with Crippen molar-refractivity contribution in [3.05, 3.63) is 52.1 Å². The van der Waals surface area contributed by atoms with Crippen LogP contribution in [0, 0.1) is 0 Å². The fourth-order valence-corrected chi connectivity index (χ4v) is 2.01. The summed E-state index contributed by atoms with van der Waals surface area (Å²) in [5.74, 6) is -1.17. The Labute approximate surface area is 125 Å². The average Bonchev–Trinajstić information content (AvgIpc) is 2.40. The molecule has 2 rings (SSSR count). The summed E-state index contributed by atoms with van der Waals surface area (Å²) < 4.78 is 38.1. The van der Waals surface area contributed by atoms with Gasteiger partial charge in [-0.05, 0) is 46.3 Å². The van der Waals surface area contributed by atoms with E-state index in [0.29, 0.717) is 10.2 Å². The van der Waals surface area contributed by atoms with Gasteiger partial charge in [-0.2, -0.15) is 13.2 Å². The number of halogens is 4. The Morgan fingerprint density at radius 3 is 2.57 bits per heavy atom. The smallest absolute Gasteiger partial charge is 0.416 e. The van der Waals surface area contributed by atoms with Crippen LogP contribution in [0.15, 0.2) is 41.0 Å². The molecular formula is C13H8BrF3N2O2. The zero-order valence-corrected chi connectivity index (χ0v) is 11.9. The largest absolute Gasteiger partial charge is 0.478 e. The first-order chi connectivity index (χ1) is 9.77. The number of nitrogens with one attached hydrogen (secondary N) is 1. The van der Waals surface area contributed by atoms with E-state index < -0.39 is 17.7 Å². The molecule has 0 radical (unpaired) electrons. The summed E-state index contributed by atoms with van der Waals surface area (Å²) in [5.41, 5.74) is -0.523. The highest BCUT2D eigenvalue weighted by Gasteiger charge is 2.30. The summed E-state index contributed by atoms with van der Waals surface area (Å²) >= 11 is 3.08. The molecule has 0 fully saturated rings. The lowest BCUT2D eigenvalue weighted by molar-refractivity contribution is -0.137. The van der Waals surface area contributed by atoms with Crippen molar-refractivity contribution in [1.82, 2.24) is 4.98 Å². The normalized spacial score (nSPS) is 11.2. The predicted molar refractivity (Wildman–Crippen MR) is 73.6 cm³/mol. The van der Waals surface area contributed by atoms with Crippen molar-refractivity contribution < 1.29 is 23.1 Å². The van der Waals surface area contributed by atoms with E-state index in [1.807, 2.05) is 0 Å². The van der Waals surface area contributed by atoms with Crippen LogP contribution in [0.3, 0.4) is 0 Å². The maximum absolute atomic E-state index is 12.6. The molecule has 1 heterocycles. The van der Waals surface area contributed by atoms with E-state index in [1.54, 1.807) is 0 Å². The second-order valence-corrected chi connectivity index (χ2v) is 4.91.